The van der Waals surface area contributed by atoms with Crippen molar-refractivity contribution >= 4 is 40.1 Å². The second-order valence-corrected chi connectivity index (χ2v) is 8.17. The van der Waals surface area contributed by atoms with Crippen LogP contribution in [0.2, 0.25) is 5.02 Å². The monoisotopic (exact) mass is 477 g/mol. The number of benzene rings is 2. The zero-order valence-corrected chi connectivity index (χ0v) is 19.6. The molecule has 0 saturated heterocycles. The van der Waals surface area contributed by atoms with Crippen LogP contribution in [-0.4, -0.2) is 46.6 Å². The molecule has 2 N–H and O–H groups in total. The van der Waals surface area contributed by atoms with Crippen molar-refractivity contribution in [3.05, 3.63) is 77.1 Å². The molecule has 0 saturated carbocycles. The van der Waals surface area contributed by atoms with E-state index >= 15 is 0 Å². The van der Waals surface area contributed by atoms with Gasteiger partial charge in [-0.1, -0.05) is 23.7 Å². The Kier molecular flexibility index (Phi) is 7.20. The lowest BCUT2D eigenvalue weighted by atomic mass is 10.1. The summed E-state index contributed by atoms with van der Waals surface area (Å²) in [7, 11) is 3.31. The first kappa shape index (κ1) is 23.4. The molecule has 0 spiro atoms. The minimum atomic E-state index is -0.318. The summed E-state index contributed by atoms with van der Waals surface area (Å²) in [5.74, 6) is 0.111. The summed E-state index contributed by atoms with van der Waals surface area (Å²) in [5, 5.41) is 6.42. The summed E-state index contributed by atoms with van der Waals surface area (Å²) in [6.07, 6.45) is 4.04. The Morgan fingerprint density at radius 3 is 2.53 bits per heavy atom. The van der Waals surface area contributed by atoms with Crippen LogP contribution >= 0.6 is 11.6 Å². The first-order valence-corrected chi connectivity index (χ1v) is 11.1. The molecule has 34 heavy (non-hydrogen) atoms. The van der Waals surface area contributed by atoms with E-state index in [0.29, 0.717) is 46.1 Å². The van der Waals surface area contributed by atoms with Gasteiger partial charge < -0.3 is 19.9 Å². The number of rotatable bonds is 8. The van der Waals surface area contributed by atoms with Crippen LogP contribution in [-0.2, 0) is 23.0 Å². The van der Waals surface area contributed by atoms with Crippen molar-refractivity contribution in [3.8, 4) is 11.4 Å². The van der Waals surface area contributed by atoms with Crippen molar-refractivity contribution in [1.82, 2.24) is 19.9 Å². The molecular weight excluding hydrogens is 454 g/mol. The summed E-state index contributed by atoms with van der Waals surface area (Å²) in [5.41, 5.74) is 4.07. The van der Waals surface area contributed by atoms with Gasteiger partial charge >= 0.3 is 0 Å². The highest BCUT2D eigenvalue weighted by Gasteiger charge is 2.19. The van der Waals surface area contributed by atoms with Crippen molar-refractivity contribution in [3.63, 3.8) is 0 Å². The fourth-order valence-corrected chi connectivity index (χ4v) is 3.88. The van der Waals surface area contributed by atoms with Crippen LogP contribution in [0.5, 0.6) is 0 Å². The van der Waals surface area contributed by atoms with Crippen LogP contribution < -0.4 is 10.6 Å². The van der Waals surface area contributed by atoms with Gasteiger partial charge in [-0.15, -0.1) is 0 Å². The smallest absolute Gasteiger partial charge is 0.253 e. The molecule has 0 radical (unpaired) electrons. The third kappa shape index (κ3) is 5.24. The number of pyridine rings is 1. The van der Waals surface area contributed by atoms with Gasteiger partial charge in [-0.25, -0.2) is 4.98 Å². The SMILES string of the molecule is COCC(=O)Nc1cc(C(=O)NCCc2ccc(Cl)cc2)c2c(c1)nc(-c1ccncc1)n2C. The molecule has 2 aromatic heterocycles. The molecule has 2 amide bonds. The highest BCUT2D eigenvalue weighted by Crippen LogP contribution is 2.29. The topological polar surface area (TPSA) is 98.1 Å². The van der Waals surface area contributed by atoms with E-state index in [-0.39, 0.29) is 18.4 Å². The van der Waals surface area contributed by atoms with E-state index in [1.807, 2.05) is 48.0 Å². The number of carbonyl (C=O) groups excluding carboxylic acids is 2. The molecule has 4 aromatic rings. The predicted octanol–water partition coefficient (Wildman–Crippen LogP) is 3.85. The molecule has 0 aliphatic rings. The number of methoxy groups -OCH3 is 1. The Labute approximate surface area is 201 Å². The van der Waals surface area contributed by atoms with Crippen molar-refractivity contribution < 1.29 is 14.3 Å². The normalized spacial score (nSPS) is 10.9. The Balaban J connectivity index is 1.66. The van der Waals surface area contributed by atoms with Crippen molar-refractivity contribution in [2.24, 2.45) is 7.05 Å². The fourth-order valence-electron chi connectivity index (χ4n) is 3.75. The van der Waals surface area contributed by atoms with Gasteiger partial charge in [0.25, 0.3) is 5.91 Å². The molecular formula is C25H24ClN5O3. The predicted molar refractivity (Wildman–Crippen MR) is 132 cm³/mol. The molecule has 8 nitrogen and oxygen atoms in total. The molecule has 0 bridgehead atoms. The van der Waals surface area contributed by atoms with Gasteiger partial charge in [0.05, 0.1) is 16.6 Å². The zero-order chi connectivity index (χ0) is 24.1. The van der Waals surface area contributed by atoms with E-state index in [9.17, 15) is 9.59 Å². The molecule has 2 heterocycles. The average Bonchev–Trinajstić information content (AvgIpc) is 3.16. The van der Waals surface area contributed by atoms with Gasteiger partial charge in [0.15, 0.2) is 0 Å². The Bertz CT molecular complexity index is 1320. The van der Waals surface area contributed by atoms with Gasteiger partial charge in [0, 0.05) is 49.4 Å². The Morgan fingerprint density at radius 1 is 1.09 bits per heavy atom. The molecule has 0 aliphatic carbocycles. The third-order valence-electron chi connectivity index (χ3n) is 5.32. The largest absolute Gasteiger partial charge is 0.375 e. The number of aromatic nitrogens is 3. The van der Waals surface area contributed by atoms with Gasteiger partial charge in [-0.3, -0.25) is 14.6 Å². The number of ether oxygens (including phenoxy) is 1. The van der Waals surface area contributed by atoms with Crippen molar-refractivity contribution in [2.75, 3.05) is 25.6 Å². The number of carbonyl (C=O) groups is 2. The number of amides is 2. The lowest BCUT2D eigenvalue weighted by molar-refractivity contribution is -0.119. The quantitative estimate of drug-likeness (QED) is 0.401. The van der Waals surface area contributed by atoms with Crippen molar-refractivity contribution in [2.45, 2.75) is 6.42 Å². The maximum atomic E-state index is 13.2. The molecule has 0 atom stereocenters. The minimum Gasteiger partial charge on any atom is -0.375 e. The van der Waals surface area contributed by atoms with Crippen LogP contribution in [0, 0.1) is 0 Å². The molecule has 0 fully saturated rings. The van der Waals surface area contributed by atoms with Gasteiger partial charge in [0.2, 0.25) is 5.91 Å². The van der Waals surface area contributed by atoms with Gasteiger partial charge in [-0.05, 0) is 48.4 Å². The van der Waals surface area contributed by atoms with E-state index in [1.54, 1.807) is 24.5 Å². The molecule has 4 rings (SSSR count). The number of halogens is 1. The number of imidazole rings is 1. The number of hydrogen-bond acceptors (Lipinski definition) is 5. The number of nitrogens with zero attached hydrogens (tertiary/aromatic N) is 3. The maximum absolute atomic E-state index is 13.2. The molecule has 0 unspecified atom stereocenters. The van der Waals surface area contributed by atoms with Crippen LogP contribution in [0.1, 0.15) is 15.9 Å². The molecule has 0 aliphatic heterocycles. The highest BCUT2D eigenvalue weighted by molar-refractivity contribution is 6.30. The lowest BCUT2D eigenvalue weighted by Crippen LogP contribution is -2.26. The minimum absolute atomic E-state index is 0.0921. The fraction of sp³-hybridized carbons (Fsp3) is 0.200. The summed E-state index contributed by atoms with van der Waals surface area (Å²) >= 11 is 5.94. The van der Waals surface area contributed by atoms with Crippen LogP contribution in [0.25, 0.3) is 22.4 Å². The van der Waals surface area contributed by atoms with E-state index in [0.717, 1.165) is 11.1 Å². The second kappa shape index (κ2) is 10.5. The number of anilines is 1. The molecule has 2 aromatic carbocycles. The average molecular weight is 478 g/mol. The summed E-state index contributed by atoms with van der Waals surface area (Å²) < 4.78 is 6.77. The maximum Gasteiger partial charge on any atom is 0.253 e. The van der Waals surface area contributed by atoms with E-state index < -0.39 is 0 Å². The Morgan fingerprint density at radius 2 is 1.82 bits per heavy atom. The second-order valence-electron chi connectivity index (χ2n) is 7.74. The van der Waals surface area contributed by atoms with Gasteiger partial charge in [-0.2, -0.15) is 0 Å². The van der Waals surface area contributed by atoms with Crippen LogP contribution in [0.3, 0.4) is 0 Å². The number of fused-ring (bicyclic) bond motifs is 1. The first-order valence-electron chi connectivity index (χ1n) is 10.7. The van der Waals surface area contributed by atoms with Crippen LogP contribution in [0.15, 0.2) is 60.9 Å². The molecule has 9 heteroatoms. The first-order chi connectivity index (χ1) is 16.5. The third-order valence-corrected chi connectivity index (χ3v) is 5.58. The Hall–Kier alpha value is -3.75. The van der Waals surface area contributed by atoms with E-state index in [1.165, 1.54) is 7.11 Å². The number of nitrogens with one attached hydrogen (secondary N) is 2. The zero-order valence-electron chi connectivity index (χ0n) is 18.8. The standard InChI is InChI=1S/C25H24ClN5O3/c1-31-23-20(25(33)28-12-7-16-3-5-18(26)6-4-16)13-19(29-22(32)15-34-2)14-21(23)30-24(31)17-8-10-27-11-9-17/h3-6,8-11,13-14H,7,12,15H2,1-2H3,(H,28,33)(H,29,32). The van der Waals surface area contributed by atoms with E-state index in [4.69, 9.17) is 21.3 Å². The summed E-state index contributed by atoms with van der Waals surface area (Å²) in [6.45, 7) is 0.350. The van der Waals surface area contributed by atoms with Crippen LogP contribution in [0.4, 0.5) is 5.69 Å². The summed E-state index contributed by atoms with van der Waals surface area (Å²) in [6, 6.07) is 14.6. The highest BCUT2D eigenvalue weighted by atomic mass is 35.5. The molecule has 174 valence electrons. The lowest BCUT2D eigenvalue weighted by Gasteiger charge is -2.11. The van der Waals surface area contributed by atoms with Crippen molar-refractivity contribution in [1.29, 1.82) is 0 Å². The van der Waals surface area contributed by atoms with E-state index in [2.05, 4.69) is 15.6 Å². The number of aryl methyl sites for hydroxylation is 1. The van der Waals surface area contributed by atoms with Gasteiger partial charge in [0.1, 0.15) is 12.4 Å². The number of hydrogen-bond donors (Lipinski definition) is 2. The summed E-state index contributed by atoms with van der Waals surface area (Å²) in [4.78, 5) is 34.1.